The van der Waals surface area contributed by atoms with Crippen LogP contribution < -0.4 is 11.1 Å². The molecule has 0 aromatic rings. The molecule has 0 aromatic carbocycles. The van der Waals surface area contributed by atoms with E-state index in [4.69, 9.17) is 10.8 Å². The summed E-state index contributed by atoms with van der Waals surface area (Å²) >= 11 is 0. The first kappa shape index (κ1) is 14.9. The molecule has 1 fully saturated rings. The monoisotopic (exact) mass is 257 g/mol. The van der Waals surface area contributed by atoms with Gasteiger partial charge >= 0.3 is 5.97 Å². The summed E-state index contributed by atoms with van der Waals surface area (Å²) in [7, 11) is 0. The van der Waals surface area contributed by atoms with Crippen LogP contribution in [0.15, 0.2) is 0 Å². The van der Waals surface area contributed by atoms with Crippen molar-refractivity contribution in [3.05, 3.63) is 0 Å². The Labute approximate surface area is 108 Å². The van der Waals surface area contributed by atoms with Crippen molar-refractivity contribution in [1.82, 2.24) is 10.2 Å². The smallest absolute Gasteiger partial charge is 0.320 e. The molecule has 1 saturated heterocycles. The minimum absolute atomic E-state index is 0.122. The standard InChI is InChI=1S/C12H23N3O3/c13-10(12(17)18)4-5-11(16)14-6-9-15-7-2-1-3-8-15/h10H,1-9,13H2,(H,14,16)(H,17,18). The fraction of sp³-hybridized carbons (Fsp3) is 0.833. The largest absolute Gasteiger partial charge is 0.480 e. The van der Waals surface area contributed by atoms with Gasteiger partial charge in [-0.3, -0.25) is 9.59 Å². The molecule has 6 nitrogen and oxygen atoms in total. The molecular weight excluding hydrogens is 234 g/mol. The molecule has 6 heteroatoms. The van der Waals surface area contributed by atoms with Gasteiger partial charge < -0.3 is 21.1 Å². The molecule has 18 heavy (non-hydrogen) atoms. The van der Waals surface area contributed by atoms with Crippen LogP contribution in [0, 0.1) is 0 Å². The number of carboxylic acids is 1. The first-order valence-corrected chi connectivity index (χ1v) is 6.57. The summed E-state index contributed by atoms with van der Waals surface area (Å²) in [6.07, 6.45) is 4.14. The number of carbonyl (C=O) groups is 2. The van der Waals surface area contributed by atoms with Crippen molar-refractivity contribution in [3.63, 3.8) is 0 Å². The van der Waals surface area contributed by atoms with Gasteiger partial charge in [-0.1, -0.05) is 6.42 Å². The van der Waals surface area contributed by atoms with E-state index in [0.29, 0.717) is 6.54 Å². The van der Waals surface area contributed by atoms with E-state index < -0.39 is 12.0 Å². The van der Waals surface area contributed by atoms with Crippen LogP contribution in [0.3, 0.4) is 0 Å². The van der Waals surface area contributed by atoms with Gasteiger partial charge in [0.15, 0.2) is 0 Å². The van der Waals surface area contributed by atoms with Crippen molar-refractivity contribution in [2.45, 2.75) is 38.1 Å². The minimum atomic E-state index is -1.06. The fourth-order valence-corrected chi connectivity index (χ4v) is 2.03. The molecule has 1 heterocycles. The number of nitrogens with zero attached hydrogens (tertiary/aromatic N) is 1. The van der Waals surface area contributed by atoms with Crippen molar-refractivity contribution in [2.24, 2.45) is 5.73 Å². The summed E-state index contributed by atoms with van der Waals surface area (Å²) in [5, 5.41) is 11.4. The molecule has 1 aliphatic heterocycles. The van der Waals surface area contributed by atoms with E-state index in [-0.39, 0.29) is 18.7 Å². The third-order valence-electron chi connectivity index (χ3n) is 3.20. The lowest BCUT2D eigenvalue weighted by molar-refractivity contribution is -0.138. The number of carboxylic acid groups (broad SMARTS) is 1. The predicted molar refractivity (Wildman–Crippen MR) is 68.1 cm³/mol. The van der Waals surface area contributed by atoms with Crippen LogP contribution in [0.4, 0.5) is 0 Å². The summed E-state index contributed by atoms with van der Waals surface area (Å²) < 4.78 is 0. The van der Waals surface area contributed by atoms with Gasteiger partial charge in [0.05, 0.1) is 0 Å². The third kappa shape index (κ3) is 5.97. The minimum Gasteiger partial charge on any atom is -0.480 e. The summed E-state index contributed by atoms with van der Waals surface area (Å²) in [6.45, 7) is 3.72. The number of hydrogen-bond donors (Lipinski definition) is 3. The van der Waals surface area contributed by atoms with Crippen molar-refractivity contribution in [3.8, 4) is 0 Å². The van der Waals surface area contributed by atoms with Gasteiger partial charge in [0.1, 0.15) is 6.04 Å². The highest BCUT2D eigenvalue weighted by atomic mass is 16.4. The van der Waals surface area contributed by atoms with E-state index in [1.165, 1.54) is 19.3 Å². The fourth-order valence-electron chi connectivity index (χ4n) is 2.03. The van der Waals surface area contributed by atoms with Crippen LogP contribution in [-0.2, 0) is 9.59 Å². The zero-order chi connectivity index (χ0) is 13.4. The van der Waals surface area contributed by atoms with Crippen LogP contribution in [0.2, 0.25) is 0 Å². The molecule has 1 atom stereocenters. The van der Waals surface area contributed by atoms with E-state index in [1.54, 1.807) is 0 Å². The lowest BCUT2D eigenvalue weighted by atomic mass is 10.1. The maximum atomic E-state index is 11.4. The van der Waals surface area contributed by atoms with E-state index in [0.717, 1.165) is 19.6 Å². The van der Waals surface area contributed by atoms with Crippen LogP contribution in [-0.4, -0.2) is 54.1 Å². The number of likely N-dealkylation sites (tertiary alicyclic amines) is 1. The van der Waals surface area contributed by atoms with Crippen molar-refractivity contribution in [1.29, 1.82) is 0 Å². The Morgan fingerprint density at radius 3 is 2.56 bits per heavy atom. The summed E-state index contributed by atoms with van der Waals surface area (Å²) in [5.41, 5.74) is 5.32. The molecule has 0 radical (unpaired) electrons. The number of nitrogens with two attached hydrogens (primary N) is 1. The second kappa shape index (κ2) is 8.05. The van der Waals surface area contributed by atoms with Gasteiger partial charge in [0, 0.05) is 19.5 Å². The summed E-state index contributed by atoms with van der Waals surface area (Å²) in [4.78, 5) is 24.2. The maximum Gasteiger partial charge on any atom is 0.320 e. The molecule has 0 spiro atoms. The molecule has 1 aliphatic rings. The molecular formula is C12H23N3O3. The topological polar surface area (TPSA) is 95.7 Å². The highest BCUT2D eigenvalue weighted by molar-refractivity contribution is 5.78. The molecule has 1 amide bonds. The SMILES string of the molecule is NC(CCC(=O)NCCN1CCCCC1)C(=O)O. The normalized spacial score (nSPS) is 18.3. The highest BCUT2D eigenvalue weighted by Gasteiger charge is 2.14. The predicted octanol–water partition coefficient (Wildman–Crippen LogP) is -0.219. The number of aliphatic carboxylic acids is 1. The summed E-state index contributed by atoms with van der Waals surface area (Å²) in [5.74, 6) is -1.18. The Hall–Kier alpha value is -1.14. The number of hydrogen-bond acceptors (Lipinski definition) is 4. The number of carbonyl (C=O) groups excluding carboxylic acids is 1. The number of piperidine rings is 1. The lowest BCUT2D eigenvalue weighted by Crippen LogP contribution is -2.38. The number of rotatable bonds is 7. The zero-order valence-corrected chi connectivity index (χ0v) is 10.7. The zero-order valence-electron chi connectivity index (χ0n) is 10.7. The Balaban J connectivity index is 2.04. The van der Waals surface area contributed by atoms with Crippen LogP contribution in [0.5, 0.6) is 0 Å². The van der Waals surface area contributed by atoms with Crippen LogP contribution >= 0.6 is 0 Å². The van der Waals surface area contributed by atoms with E-state index in [1.807, 2.05) is 0 Å². The van der Waals surface area contributed by atoms with Crippen LogP contribution in [0.1, 0.15) is 32.1 Å². The Morgan fingerprint density at radius 2 is 1.94 bits per heavy atom. The molecule has 0 saturated carbocycles. The first-order chi connectivity index (χ1) is 8.59. The van der Waals surface area contributed by atoms with Gasteiger partial charge in [-0.25, -0.2) is 0 Å². The second-order valence-corrected chi connectivity index (χ2v) is 4.74. The molecule has 1 rings (SSSR count). The van der Waals surface area contributed by atoms with Crippen molar-refractivity contribution >= 4 is 11.9 Å². The Bertz CT molecular complexity index is 278. The van der Waals surface area contributed by atoms with E-state index in [2.05, 4.69) is 10.2 Å². The Morgan fingerprint density at radius 1 is 1.28 bits per heavy atom. The molecule has 1 unspecified atom stereocenters. The molecule has 4 N–H and O–H groups in total. The quantitative estimate of drug-likeness (QED) is 0.586. The van der Waals surface area contributed by atoms with Crippen molar-refractivity contribution in [2.75, 3.05) is 26.2 Å². The van der Waals surface area contributed by atoms with Gasteiger partial charge in [-0.05, 0) is 32.4 Å². The highest BCUT2D eigenvalue weighted by Crippen LogP contribution is 2.07. The average molecular weight is 257 g/mol. The van der Waals surface area contributed by atoms with Gasteiger partial charge in [-0.2, -0.15) is 0 Å². The first-order valence-electron chi connectivity index (χ1n) is 6.57. The summed E-state index contributed by atoms with van der Waals surface area (Å²) in [6, 6.07) is -0.946. The van der Waals surface area contributed by atoms with E-state index >= 15 is 0 Å². The Kier molecular flexibility index (Phi) is 6.67. The van der Waals surface area contributed by atoms with Crippen molar-refractivity contribution < 1.29 is 14.7 Å². The molecule has 104 valence electrons. The molecule has 0 bridgehead atoms. The van der Waals surface area contributed by atoms with Gasteiger partial charge in [0.25, 0.3) is 0 Å². The van der Waals surface area contributed by atoms with Gasteiger partial charge in [-0.15, -0.1) is 0 Å². The van der Waals surface area contributed by atoms with E-state index in [9.17, 15) is 9.59 Å². The second-order valence-electron chi connectivity index (χ2n) is 4.74. The van der Waals surface area contributed by atoms with Gasteiger partial charge in [0.2, 0.25) is 5.91 Å². The lowest BCUT2D eigenvalue weighted by Gasteiger charge is -2.26. The third-order valence-corrected chi connectivity index (χ3v) is 3.20. The number of amides is 1. The number of nitrogens with one attached hydrogen (secondary N) is 1. The van der Waals surface area contributed by atoms with Crippen LogP contribution in [0.25, 0.3) is 0 Å². The maximum absolute atomic E-state index is 11.4. The molecule has 0 aliphatic carbocycles. The average Bonchev–Trinajstić information content (AvgIpc) is 2.37. The molecule has 0 aromatic heterocycles.